The van der Waals surface area contributed by atoms with E-state index >= 15 is 0 Å². The maximum absolute atomic E-state index is 12.7. The van der Waals surface area contributed by atoms with Gasteiger partial charge in [-0.25, -0.2) is 18.4 Å². The number of ether oxygens (including phenoxy) is 1. The van der Waals surface area contributed by atoms with Crippen LogP contribution in [0.15, 0.2) is 28.7 Å². The number of hydrogen-bond acceptors (Lipinski definition) is 8. The van der Waals surface area contributed by atoms with E-state index < -0.39 is 21.8 Å². The maximum atomic E-state index is 12.7. The average molecular weight is 463 g/mol. The van der Waals surface area contributed by atoms with Gasteiger partial charge in [0.05, 0.1) is 30.4 Å². The number of methoxy groups -OCH3 is 1. The number of thiazole rings is 1. The first-order chi connectivity index (χ1) is 14.8. The zero-order valence-electron chi connectivity index (χ0n) is 17.1. The van der Waals surface area contributed by atoms with E-state index in [4.69, 9.17) is 4.74 Å². The highest BCUT2D eigenvalue weighted by molar-refractivity contribution is 7.91. The van der Waals surface area contributed by atoms with Crippen LogP contribution in [0.3, 0.4) is 0 Å². The molecule has 11 heteroatoms. The Hall–Kier alpha value is -2.79. The number of hydrogen-bond donors (Lipinski definition) is 1. The molecule has 0 radical (unpaired) electrons. The van der Waals surface area contributed by atoms with Crippen LogP contribution in [0.2, 0.25) is 0 Å². The normalized spacial score (nSPS) is 20.5. The summed E-state index contributed by atoms with van der Waals surface area (Å²) in [5.74, 6) is -0.114. The van der Waals surface area contributed by atoms with Crippen LogP contribution in [0.25, 0.3) is 11.3 Å². The van der Waals surface area contributed by atoms with E-state index in [0.717, 1.165) is 11.1 Å². The summed E-state index contributed by atoms with van der Waals surface area (Å²) in [6.07, 6.45) is 0.650. The smallest absolute Gasteiger partial charge is 0.273 e. The highest BCUT2D eigenvalue weighted by Crippen LogP contribution is 2.33. The number of sulfone groups is 1. The van der Waals surface area contributed by atoms with Gasteiger partial charge in [0.1, 0.15) is 11.5 Å². The van der Waals surface area contributed by atoms with Crippen molar-refractivity contribution in [3.05, 3.63) is 29.1 Å². The third kappa shape index (κ3) is 4.62. The standard InChI is InChI=1S/C20H22N4O5S2/c1-12-3-5-17(29-2)14(9-12)16-10-30-20(21-16)22-19(26)15-4-6-18(25)24(23-15)13-7-8-31(27,28)11-13/h3,5,9-10,13H,4,6-8,11H2,1-2H3,(H,21,22,26). The van der Waals surface area contributed by atoms with Crippen molar-refractivity contribution >= 4 is 43.8 Å². The quantitative estimate of drug-likeness (QED) is 0.728. The molecule has 0 bridgehead atoms. The Kier molecular flexibility index (Phi) is 5.80. The summed E-state index contributed by atoms with van der Waals surface area (Å²) in [6, 6.07) is 5.26. The minimum atomic E-state index is -3.17. The zero-order valence-corrected chi connectivity index (χ0v) is 18.8. The minimum absolute atomic E-state index is 0.0306. The molecule has 0 saturated carbocycles. The predicted molar refractivity (Wildman–Crippen MR) is 118 cm³/mol. The van der Waals surface area contributed by atoms with Crippen LogP contribution in [0, 0.1) is 6.92 Å². The monoisotopic (exact) mass is 462 g/mol. The van der Waals surface area contributed by atoms with Gasteiger partial charge >= 0.3 is 0 Å². The number of aromatic nitrogens is 1. The summed E-state index contributed by atoms with van der Waals surface area (Å²) in [4.78, 5) is 29.5. The lowest BCUT2D eigenvalue weighted by molar-refractivity contribution is -0.133. The van der Waals surface area contributed by atoms with Crippen LogP contribution in [0.1, 0.15) is 24.8 Å². The van der Waals surface area contributed by atoms with Crippen molar-refractivity contribution in [1.29, 1.82) is 0 Å². The van der Waals surface area contributed by atoms with Crippen LogP contribution in [0.4, 0.5) is 5.13 Å². The summed E-state index contributed by atoms with van der Waals surface area (Å²) in [6.45, 7) is 1.97. The number of benzene rings is 1. The van der Waals surface area contributed by atoms with Gasteiger partial charge in [-0.15, -0.1) is 11.3 Å². The molecule has 1 unspecified atom stereocenters. The van der Waals surface area contributed by atoms with Gasteiger partial charge in [0.2, 0.25) is 5.91 Å². The van der Waals surface area contributed by atoms with Gasteiger partial charge in [-0.05, 0) is 25.5 Å². The molecule has 1 atom stereocenters. The van der Waals surface area contributed by atoms with Crippen molar-refractivity contribution < 1.29 is 22.7 Å². The van der Waals surface area contributed by atoms with Gasteiger partial charge in [0.15, 0.2) is 15.0 Å². The Morgan fingerprint density at radius 3 is 2.84 bits per heavy atom. The van der Waals surface area contributed by atoms with Crippen molar-refractivity contribution in [2.45, 2.75) is 32.2 Å². The molecule has 2 aromatic rings. The number of rotatable bonds is 5. The summed E-state index contributed by atoms with van der Waals surface area (Å²) < 4.78 is 28.9. The number of hydrazone groups is 1. The molecule has 9 nitrogen and oxygen atoms in total. The van der Waals surface area contributed by atoms with Crippen LogP contribution in [-0.4, -0.2) is 60.6 Å². The molecule has 164 valence electrons. The number of carbonyl (C=O) groups is 2. The molecule has 4 rings (SSSR count). The second kappa shape index (κ2) is 8.39. The third-order valence-electron chi connectivity index (χ3n) is 5.23. The Balaban J connectivity index is 1.51. The van der Waals surface area contributed by atoms with Gasteiger partial charge in [-0.3, -0.25) is 14.9 Å². The number of anilines is 1. The van der Waals surface area contributed by atoms with Crippen molar-refractivity contribution in [2.24, 2.45) is 5.10 Å². The highest BCUT2D eigenvalue weighted by Gasteiger charge is 2.37. The van der Waals surface area contributed by atoms with E-state index in [9.17, 15) is 18.0 Å². The molecule has 2 amide bonds. The molecule has 1 aromatic heterocycles. The van der Waals surface area contributed by atoms with Gasteiger partial charge in [0.25, 0.3) is 5.91 Å². The molecule has 31 heavy (non-hydrogen) atoms. The third-order valence-corrected chi connectivity index (χ3v) is 7.74. The molecule has 1 N–H and O–H groups in total. The van der Waals surface area contributed by atoms with Gasteiger partial charge in [-0.2, -0.15) is 5.10 Å². The summed E-state index contributed by atoms with van der Waals surface area (Å²) >= 11 is 1.27. The Labute approximate surface area is 184 Å². The van der Waals surface area contributed by atoms with Crippen molar-refractivity contribution in [3.8, 4) is 17.0 Å². The lowest BCUT2D eigenvalue weighted by Gasteiger charge is -2.27. The first-order valence-electron chi connectivity index (χ1n) is 9.77. The highest BCUT2D eigenvalue weighted by atomic mass is 32.2. The lowest BCUT2D eigenvalue weighted by atomic mass is 10.1. The Bertz CT molecular complexity index is 1170. The van der Waals surface area contributed by atoms with E-state index in [1.54, 1.807) is 7.11 Å². The number of nitrogens with one attached hydrogen (secondary N) is 1. The summed E-state index contributed by atoms with van der Waals surface area (Å²) in [7, 11) is -1.58. The van der Waals surface area contributed by atoms with Gasteiger partial charge in [-0.1, -0.05) is 11.6 Å². The maximum Gasteiger partial charge on any atom is 0.273 e. The van der Waals surface area contributed by atoms with E-state index in [1.807, 2.05) is 30.5 Å². The van der Waals surface area contributed by atoms with Crippen molar-refractivity contribution in [3.63, 3.8) is 0 Å². The molecule has 1 aromatic carbocycles. The number of nitrogens with zero attached hydrogens (tertiary/aromatic N) is 3. The molecule has 2 aliphatic heterocycles. The number of amides is 2. The minimum Gasteiger partial charge on any atom is -0.496 e. The van der Waals surface area contributed by atoms with Crippen molar-refractivity contribution in [2.75, 3.05) is 23.9 Å². The lowest BCUT2D eigenvalue weighted by Crippen LogP contribution is -2.42. The molecule has 0 spiro atoms. The first kappa shape index (κ1) is 21.4. The van der Waals surface area contributed by atoms with E-state index in [2.05, 4.69) is 15.4 Å². The van der Waals surface area contributed by atoms with Crippen molar-refractivity contribution in [1.82, 2.24) is 9.99 Å². The van der Waals surface area contributed by atoms with Gasteiger partial charge in [0, 0.05) is 23.8 Å². The van der Waals surface area contributed by atoms with E-state index in [-0.39, 0.29) is 36.0 Å². The molecular weight excluding hydrogens is 440 g/mol. The molecule has 3 heterocycles. The Morgan fingerprint density at radius 2 is 2.13 bits per heavy atom. The molecule has 1 saturated heterocycles. The SMILES string of the molecule is COc1ccc(C)cc1-c1csc(NC(=O)C2=NN(C3CCS(=O)(=O)C3)C(=O)CC2)n1. The molecule has 0 aliphatic carbocycles. The van der Waals surface area contributed by atoms with Crippen LogP contribution < -0.4 is 10.1 Å². The Morgan fingerprint density at radius 1 is 1.32 bits per heavy atom. The fourth-order valence-electron chi connectivity index (χ4n) is 3.63. The van der Waals surface area contributed by atoms with E-state index in [1.165, 1.54) is 16.3 Å². The second-order valence-corrected chi connectivity index (χ2v) is 10.6. The first-order valence-corrected chi connectivity index (χ1v) is 12.5. The van der Waals surface area contributed by atoms with Crippen LogP contribution in [0.5, 0.6) is 5.75 Å². The molecule has 1 fully saturated rings. The largest absolute Gasteiger partial charge is 0.496 e. The molecular formula is C20H22N4O5S2. The van der Waals surface area contributed by atoms with E-state index in [0.29, 0.717) is 23.0 Å². The molecule has 2 aliphatic rings. The number of aryl methyl sites for hydroxylation is 1. The zero-order chi connectivity index (χ0) is 22.2. The van der Waals surface area contributed by atoms with Crippen LogP contribution >= 0.6 is 11.3 Å². The topological polar surface area (TPSA) is 118 Å². The second-order valence-electron chi connectivity index (χ2n) is 7.54. The predicted octanol–water partition coefficient (Wildman–Crippen LogP) is 2.23. The number of carbonyl (C=O) groups excluding carboxylic acids is 2. The fraction of sp³-hybridized carbons (Fsp3) is 0.400. The van der Waals surface area contributed by atoms with Gasteiger partial charge < -0.3 is 4.74 Å². The van der Waals surface area contributed by atoms with Crippen LogP contribution in [-0.2, 0) is 19.4 Å². The average Bonchev–Trinajstić information content (AvgIpc) is 3.34. The summed E-state index contributed by atoms with van der Waals surface area (Å²) in [5.41, 5.74) is 2.76. The fourth-order valence-corrected chi connectivity index (χ4v) is 6.03. The summed E-state index contributed by atoms with van der Waals surface area (Å²) in [5, 5.41) is 10.3.